The minimum Gasteiger partial charge on any atom is -0.743 e. The average molecular weight is 372 g/mol. The summed E-state index contributed by atoms with van der Waals surface area (Å²) in [7, 11) is 1.09. The van der Waals surface area contributed by atoms with Crippen LogP contribution in [0.5, 0.6) is 0 Å². The highest BCUT2D eigenvalue weighted by Crippen LogP contribution is 2.26. The van der Waals surface area contributed by atoms with Crippen molar-refractivity contribution in [2.45, 2.75) is 31.1 Å². The molecule has 0 spiro atoms. The summed E-state index contributed by atoms with van der Waals surface area (Å²) >= 11 is 5.17. The molecule has 4 nitrogen and oxygen atoms in total. The van der Waals surface area contributed by atoms with Crippen molar-refractivity contribution in [1.82, 2.24) is 0 Å². The number of hydrogen-bond donors (Lipinski definition) is 0. The molecule has 8 heteroatoms. The van der Waals surface area contributed by atoms with E-state index in [0.717, 1.165) is 11.0 Å². The van der Waals surface area contributed by atoms with Crippen molar-refractivity contribution >= 4 is 21.7 Å². The molecule has 0 unspecified atom stereocenters. The lowest BCUT2D eigenvalue weighted by Gasteiger charge is -2.23. The van der Waals surface area contributed by atoms with Crippen molar-refractivity contribution in [3.8, 4) is 0 Å². The second kappa shape index (κ2) is 9.52. The first-order valence-electron chi connectivity index (χ1n) is 7.13. The van der Waals surface area contributed by atoms with Crippen LogP contribution < -0.4 is 0 Å². The molecule has 0 amide bonds. The molecule has 0 fully saturated rings. The zero-order valence-electron chi connectivity index (χ0n) is 13.6. The van der Waals surface area contributed by atoms with Crippen LogP contribution in [0.25, 0.3) is 0 Å². The molecule has 0 aliphatic heterocycles. The zero-order chi connectivity index (χ0) is 18.1. The van der Waals surface area contributed by atoms with Gasteiger partial charge in [-0.2, -0.15) is 8.78 Å². The van der Waals surface area contributed by atoms with Crippen molar-refractivity contribution in [2.75, 3.05) is 27.0 Å². The topological polar surface area (TPSA) is 57.2 Å². The van der Waals surface area contributed by atoms with Crippen molar-refractivity contribution in [2.24, 2.45) is 0 Å². The lowest BCUT2D eigenvalue weighted by Crippen LogP contribution is -2.33. The molecule has 0 radical (unpaired) electrons. The summed E-state index contributed by atoms with van der Waals surface area (Å²) < 4.78 is 55.3. The Bertz CT molecular complexity index is 546. The monoisotopic (exact) mass is 371 g/mol. The van der Waals surface area contributed by atoms with Gasteiger partial charge >= 0.3 is 5.25 Å². The van der Waals surface area contributed by atoms with E-state index < -0.39 is 21.8 Å². The smallest absolute Gasteiger partial charge is 0.334 e. The molecule has 134 valence electrons. The van der Waals surface area contributed by atoms with Gasteiger partial charge in [0, 0.05) is 17.9 Å². The van der Waals surface area contributed by atoms with Gasteiger partial charge in [-0.3, -0.25) is 0 Å². The van der Waals surface area contributed by atoms with E-state index in [0.29, 0.717) is 0 Å². The van der Waals surface area contributed by atoms with Gasteiger partial charge in [-0.25, -0.2) is 8.42 Å². The van der Waals surface area contributed by atoms with Gasteiger partial charge < -0.3 is 9.04 Å². The Balaban J connectivity index is 0.000000422. The normalized spacial score (nSPS) is 12.5. The summed E-state index contributed by atoms with van der Waals surface area (Å²) in [6, 6.07) is 10.6. The maximum atomic E-state index is 12.3. The molecule has 1 aromatic rings. The second-order valence-electron chi connectivity index (χ2n) is 6.17. The summed E-state index contributed by atoms with van der Waals surface area (Å²) in [5.74, 6) is 0.176. The summed E-state index contributed by atoms with van der Waals surface area (Å²) in [5.41, 5.74) is 1.40. The quantitative estimate of drug-likeness (QED) is 0.319. The number of benzene rings is 1. The first-order valence-corrected chi connectivity index (χ1v) is 9.07. The Labute approximate surface area is 142 Å². The van der Waals surface area contributed by atoms with Gasteiger partial charge in [-0.05, 0) is 12.8 Å². The predicted molar refractivity (Wildman–Crippen MR) is 87.4 cm³/mol. The highest BCUT2D eigenvalue weighted by Gasteiger charge is 2.36. The van der Waals surface area contributed by atoms with Gasteiger partial charge in [0.2, 0.25) is 0 Å². The number of rotatable bonds is 7. The van der Waals surface area contributed by atoms with Crippen LogP contribution >= 0.6 is 11.6 Å². The molecule has 0 aromatic heterocycles. The number of halogens is 3. The number of nitrogens with zero attached hydrogens (tertiary/aromatic N) is 1. The van der Waals surface area contributed by atoms with Crippen LogP contribution in [-0.4, -0.2) is 49.7 Å². The molecule has 0 aliphatic carbocycles. The van der Waals surface area contributed by atoms with Gasteiger partial charge in [0.1, 0.15) is 6.54 Å². The summed E-state index contributed by atoms with van der Waals surface area (Å²) in [5, 5.41) is -4.15. The van der Waals surface area contributed by atoms with E-state index >= 15 is 0 Å². The van der Waals surface area contributed by atoms with Gasteiger partial charge in [0.25, 0.3) is 0 Å². The number of unbranched alkanes of at least 4 members (excludes halogenated alkanes) is 1. The second-order valence-corrected chi connectivity index (χ2v) is 8.06. The molecule has 1 aromatic carbocycles. The Morgan fingerprint density at radius 3 is 2.04 bits per heavy atom. The van der Waals surface area contributed by atoms with Crippen LogP contribution in [0.4, 0.5) is 8.78 Å². The van der Waals surface area contributed by atoms with Crippen molar-refractivity contribution in [1.29, 1.82) is 0 Å². The fourth-order valence-electron chi connectivity index (χ4n) is 1.68. The van der Waals surface area contributed by atoms with Gasteiger partial charge in [-0.1, -0.05) is 30.3 Å². The van der Waals surface area contributed by atoms with E-state index in [1.807, 2.05) is 0 Å². The summed E-state index contributed by atoms with van der Waals surface area (Å²) in [6.07, 6.45) is -0.754. The van der Waals surface area contributed by atoms with Crippen LogP contribution in [-0.2, 0) is 16.7 Å². The number of quaternary nitrogens is 1. The molecular weight excluding hydrogens is 348 g/mol. The first kappa shape index (κ1) is 22.2. The first-order chi connectivity index (χ1) is 10.4. The third-order valence-electron chi connectivity index (χ3n) is 2.72. The standard InChI is InChI=1S/C10H16N.C5H9ClF2O3S/c1-11(2,3)9-10-7-5-4-6-8-10;6-4-2-1-3-5(7,8)12(9,10)11/h4-8H,9H2,1-3H3;1-4H2,(H,9,10,11)/q+1;/p-1. The van der Waals surface area contributed by atoms with E-state index in [1.54, 1.807) is 0 Å². The molecule has 0 aliphatic rings. The van der Waals surface area contributed by atoms with Crippen molar-refractivity contribution < 1.29 is 26.2 Å². The van der Waals surface area contributed by atoms with Crippen molar-refractivity contribution in [3.63, 3.8) is 0 Å². The fraction of sp³-hybridized carbons (Fsp3) is 0.600. The molecule has 0 bridgehead atoms. The molecule has 0 atom stereocenters. The van der Waals surface area contributed by atoms with Crippen LogP contribution in [0, 0.1) is 0 Å². The van der Waals surface area contributed by atoms with E-state index in [-0.39, 0.29) is 18.7 Å². The highest BCUT2D eigenvalue weighted by molar-refractivity contribution is 7.86. The number of hydrogen-bond acceptors (Lipinski definition) is 3. The lowest BCUT2D eigenvalue weighted by molar-refractivity contribution is -0.884. The maximum Gasteiger partial charge on any atom is 0.334 e. The Morgan fingerprint density at radius 2 is 1.65 bits per heavy atom. The minimum absolute atomic E-state index is 0.0715. The van der Waals surface area contributed by atoms with Crippen LogP contribution in [0.1, 0.15) is 24.8 Å². The van der Waals surface area contributed by atoms with E-state index in [1.165, 1.54) is 5.56 Å². The molecule has 0 heterocycles. The van der Waals surface area contributed by atoms with Crippen LogP contribution in [0.3, 0.4) is 0 Å². The Morgan fingerprint density at radius 1 is 1.13 bits per heavy atom. The van der Waals surface area contributed by atoms with Gasteiger partial charge in [-0.15, -0.1) is 11.6 Å². The van der Waals surface area contributed by atoms with Gasteiger partial charge in [0.15, 0.2) is 10.1 Å². The molecule has 0 saturated carbocycles. The van der Waals surface area contributed by atoms with Gasteiger partial charge in [0.05, 0.1) is 21.1 Å². The summed E-state index contributed by atoms with van der Waals surface area (Å²) in [4.78, 5) is 0. The van der Waals surface area contributed by atoms with E-state index in [2.05, 4.69) is 51.5 Å². The lowest BCUT2D eigenvalue weighted by atomic mass is 10.2. The van der Waals surface area contributed by atoms with Crippen LogP contribution in [0.2, 0.25) is 0 Å². The van der Waals surface area contributed by atoms with E-state index in [4.69, 9.17) is 11.6 Å². The SMILES string of the molecule is C[N+](C)(C)Cc1ccccc1.O=S(=O)([O-])C(F)(F)CCCCCl. The summed E-state index contributed by atoms with van der Waals surface area (Å²) in [6.45, 7) is 1.10. The molecule has 1 rings (SSSR count). The average Bonchev–Trinajstić information content (AvgIpc) is 2.37. The molecule has 0 saturated heterocycles. The third-order valence-corrected chi connectivity index (χ3v) is 3.92. The van der Waals surface area contributed by atoms with Crippen LogP contribution in [0.15, 0.2) is 30.3 Å². The molecule has 23 heavy (non-hydrogen) atoms. The Hall–Kier alpha value is -0.760. The Kier molecular flexibility index (Phi) is 9.20. The predicted octanol–water partition coefficient (Wildman–Crippen LogP) is 3.43. The third kappa shape index (κ3) is 10.6. The largest absolute Gasteiger partial charge is 0.743 e. The van der Waals surface area contributed by atoms with E-state index in [9.17, 15) is 21.8 Å². The zero-order valence-corrected chi connectivity index (χ0v) is 15.2. The highest BCUT2D eigenvalue weighted by atomic mass is 35.5. The number of alkyl halides is 3. The maximum absolute atomic E-state index is 12.3. The molecular formula is C15H24ClF2NO3S. The van der Waals surface area contributed by atoms with Crippen molar-refractivity contribution in [3.05, 3.63) is 35.9 Å². The fourth-order valence-corrected chi connectivity index (χ4v) is 2.26. The minimum atomic E-state index is -5.51. The molecule has 0 N–H and O–H groups in total.